The van der Waals surface area contributed by atoms with Crippen LogP contribution in [-0.4, -0.2) is 15.6 Å². The normalized spacial score (nSPS) is 13.9. The number of rotatable bonds is 4. The van der Waals surface area contributed by atoms with Crippen molar-refractivity contribution < 1.29 is 4.39 Å². The first-order chi connectivity index (χ1) is 9.30. The molecule has 110 valence electrons. The first-order valence-corrected chi connectivity index (χ1v) is 7.20. The van der Waals surface area contributed by atoms with Crippen LogP contribution in [-0.2, 0) is 13.0 Å². The molecule has 0 saturated carbocycles. The van der Waals surface area contributed by atoms with Crippen molar-refractivity contribution in [1.29, 1.82) is 0 Å². The lowest BCUT2D eigenvalue weighted by Crippen LogP contribution is -2.29. The fraction of sp³-hybridized carbons (Fsp3) is 0.562. The topological polar surface area (TPSA) is 43.8 Å². The number of benzene rings is 1. The smallest absolute Gasteiger partial charge is 0.125 e. The van der Waals surface area contributed by atoms with Gasteiger partial charge in [0.1, 0.15) is 11.6 Å². The van der Waals surface area contributed by atoms with Crippen LogP contribution in [0.4, 0.5) is 4.39 Å². The zero-order chi connectivity index (χ0) is 14.9. The third-order valence-corrected chi connectivity index (χ3v) is 3.42. The van der Waals surface area contributed by atoms with E-state index in [1.807, 2.05) is 6.92 Å². The summed E-state index contributed by atoms with van der Waals surface area (Å²) in [6.45, 7) is 9.38. The summed E-state index contributed by atoms with van der Waals surface area (Å²) < 4.78 is 15.4. The number of halogens is 1. The Balaban J connectivity index is 2.30. The van der Waals surface area contributed by atoms with Gasteiger partial charge in [0.25, 0.3) is 0 Å². The van der Waals surface area contributed by atoms with E-state index in [1.54, 1.807) is 12.1 Å². The molecule has 1 unspecified atom stereocenters. The minimum absolute atomic E-state index is 0.0713. The van der Waals surface area contributed by atoms with Crippen LogP contribution in [0.1, 0.15) is 39.9 Å². The van der Waals surface area contributed by atoms with Crippen molar-refractivity contribution in [2.45, 2.75) is 53.1 Å². The second-order valence-corrected chi connectivity index (χ2v) is 6.63. The monoisotopic (exact) mass is 277 g/mol. The molecule has 1 atom stereocenters. The highest BCUT2D eigenvalue weighted by atomic mass is 19.1. The van der Waals surface area contributed by atoms with Crippen LogP contribution in [0, 0.1) is 11.2 Å². The average molecular weight is 277 g/mol. The van der Waals surface area contributed by atoms with E-state index in [9.17, 15) is 4.39 Å². The van der Waals surface area contributed by atoms with E-state index in [4.69, 9.17) is 5.73 Å². The molecule has 1 aromatic carbocycles. The van der Waals surface area contributed by atoms with Crippen LogP contribution in [0.5, 0.6) is 0 Å². The van der Waals surface area contributed by atoms with Crippen LogP contribution in [0.3, 0.4) is 0 Å². The van der Waals surface area contributed by atoms with Gasteiger partial charge in [-0.2, -0.15) is 0 Å². The predicted molar refractivity (Wildman–Crippen MR) is 81.1 cm³/mol. The molecule has 0 aliphatic rings. The highest BCUT2D eigenvalue weighted by molar-refractivity contribution is 5.76. The SMILES string of the molecule is CCn1c(CC(N)CC(C)(C)C)nc2ccc(F)cc21. The number of hydrogen-bond acceptors (Lipinski definition) is 2. The van der Waals surface area contributed by atoms with Gasteiger partial charge >= 0.3 is 0 Å². The Hall–Kier alpha value is -1.42. The van der Waals surface area contributed by atoms with Gasteiger partial charge in [-0.05, 0) is 37.0 Å². The van der Waals surface area contributed by atoms with E-state index >= 15 is 0 Å². The van der Waals surface area contributed by atoms with Gasteiger partial charge in [0.15, 0.2) is 0 Å². The average Bonchev–Trinajstić information content (AvgIpc) is 2.62. The van der Waals surface area contributed by atoms with E-state index < -0.39 is 0 Å². The molecule has 0 aliphatic carbocycles. The fourth-order valence-electron chi connectivity index (χ4n) is 2.75. The van der Waals surface area contributed by atoms with Crippen LogP contribution < -0.4 is 5.73 Å². The molecule has 3 nitrogen and oxygen atoms in total. The number of nitrogens with zero attached hydrogens (tertiary/aromatic N) is 2. The van der Waals surface area contributed by atoms with Crippen molar-refractivity contribution in [2.75, 3.05) is 0 Å². The largest absolute Gasteiger partial charge is 0.328 e. The molecule has 0 aliphatic heterocycles. The molecule has 4 heteroatoms. The van der Waals surface area contributed by atoms with Crippen LogP contribution >= 0.6 is 0 Å². The second kappa shape index (κ2) is 5.52. The van der Waals surface area contributed by atoms with Crippen LogP contribution in [0.15, 0.2) is 18.2 Å². The van der Waals surface area contributed by atoms with Crippen molar-refractivity contribution in [3.8, 4) is 0 Å². The van der Waals surface area contributed by atoms with Crippen molar-refractivity contribution in [2.24, 2.45) is 11.1 Å². The molecule has 2 N–H and O–H groups in total. The molecule has 0 radical (unpaired) electrons. The van der Waals surface area contributed by atoms with Gasteiger partial charge in [0, 0.05) is 19.0 Å². The maximum Gasteiger partial charge on any atom is 0.125 e. The summed E-state index contributed by atoms with van der Waals surface area (Å²) in [5.41, 5.74) is 8.13. The van der Waals surface area contributed by atoms with Gasteiger partial charge in [0.05, 0.1) is 11.0 Å². The lowest BCUT2D eigenvalue weighted by Gasteiger charge is -2.23. The summed E-state index contributed by atoms with van der Waals surface area (Å²) in [6.07, 6.45) is 1.66. The minimum Gasteiger partial charge on any atom is -0.328 e. The number of hydrogen-bond donors (Lipinski definition) is 1. The Kier molecular flexibility index (Phi) is 4.14. The summed E-state index contributed by atoms with van der Waals surface area (Å²) in [5, 5.41) is 0. The lowest BCUT2D eigenvalue weighted by molar-refractivity contribution is 0.335. The van der Waals surface area contributed by atoms with E-state index in [1.165, 1.54) is 6.07 Å². The van der Waals surface area contributed by atoms with Gasteiger partial charge in [-0.3, -0.25) is 0 Å². The number of nitrogens with two attached hydrogens (primary N) is 1. The fourth-order valence-corrected chi connectivity index (χ4v) is 2.75. The Bertz CT molecular complexity index is 596. The van der Waals surface area contributed by atoms with E-state index in [0.717, 1.165) is 36.2 Å². The molecule has 0 fully saturated rings. The van der Waals surface area contributed by atoms with E-state index in [2.05, 4.69) is 30.3 Å². The third-order valence-electron chi connectivity index (χ3n) is 3.42. The Morgan fingerprint density at radius 2 is 2.05 bits per heavy atom. The zero-order valence-corrected chi connectivity index (χ0v) is 12.8. The van der Waals surface area contributed by atoms with Gasteiger partial charge in [-0.15, -0.1) is 0 Å². The Morgan fingerprint density at radius 3 is 2.65 bits per heavy atom. The van der Waals surface area contributed by atoms with E-state index in [0.29, 0.717) is 0 Å². The summed E-state index contributed by atoms with van der Waals surface area (Å²) >= 11 is 0. The summed E-state index contributed by atoms with van der Waals surface area (Å²) in [7, 11) is 0. The van der Waals surface area contributed by atoms with Crippen molar-refractivity contribution in [1.82, 2.24) is 9.55 Å². The van der Waals surface area contributed by atoms with Crippen LogP contribution in [0.2, 0.25) is 0 Å². The highest BCUT2D eigenvalue weighted by Crippen LogP contribution is 2.23. The van der Waals surface area contributed by atoms with Gasteiger partial charge in [-0.25, -0.2) is 9.37 Å². The number of fused-ring (bicyclic) bond motifs is 1. The third kappa shape index (κ3) is 3.37. The number of aryl methyl sites for hydroxylation is 1. The molecular weight excluding hydrogens is 253 g/mol. The van der Waals surface area contributed by atoms with Crippen molar-refractivity contribution in [3.63, 3.8) is 0 Å². The Morgan fingerprint density at radius 1 is 1.35 bits per heavy atom. The van der Waals surface area contributed by atoms with Gasteiger partial charge in [0.2, 0.25) is 0 Å². The quantitative estimate of drug-likeness (QED) is 0.929. The first-order valence-electron chi connectivity index (χ1n) is 7.20. The zero-order valence-electron chi connectivity index (χ0n) is 12.8. The highest BCUT2D eigenvalue weighted by Gasteiger charge is 2.19. The summed E-state index contributed by atoms with van der Waals surface area (Å²) in [4.78, 5) is 4.61. The molecule has 2 aromatic rings. The second-order valence-electron chi connectivity index (χ2n) is 6.63. The molecule has 1 aromatic heterocycles. The van der Waals surface area contributed by atoms with Gasteiger partial charge < -0.3 is 10.3 Å². The van der Waals surface area contributed by atoms with Gasteiger partial charge in [-0.1, -0.05) is 20.8 Å². The van der Waals surface area contributed by atoms with Crippen molar-refractivity contribution in [3.05, 3.63) is 29.8 Å². The van der Waals surface area contributed by atoms with Crippen molar-refractivity contribution >= 4 is 11.0 Å². The predicted octanol–water partition coefficient (Wildman–Crippen LogP) is 3.50. The molecule has 0 saturated heterocycles. The molecule has 2 rings (SSSR count). The standard InChI is InChI=1S/C16H24FN3/c1-5-20-14-8-11(17)6-7-13(14)19-15(20)9-12(18)10-16(2,3)4/h6-8,12H,5,9-10,18H2,1-4H3. The van der Waals surface area contributed by atoms with E-state index in [-0.39, 0.29) is 17.3 Å². The molecule has 0 amide bonds. The summed E-state index contributed by atoms with van der Waals surface area (Å²) in [5.74, 6) is 0.725. The lowest BCUT2D eigenvalue weighted by atomic mass is 9.87. The number of imidazole rings is 1. The minimum atomic E-state index is -0.224. The maximum atomic E-state index is 13.4. The Labute approximate surface area is 120 Å². The molecule has 20 heavy (non-hydrogen) atoms. The molecule has 0 spiro atoms. The molecule has 1 heterocycles. The molecule has 0 bridgehead atoms. The molecular formula is C16H24FN3. The maximum absolute atomic E-state index is 13.4. The first kappa shape index (κ1) is 15.0. The summed E-state index contributed by atoms with van der Waals surface area (Å²) in [6, 6.07) is 4.80. The van der Waals surface area contributed by atoms with Crippen LogP contribution in [0.25, 0.3) is 11.0 Å². The number of aromatic nitrogens is 2.